The van der Waals surface area contributed by atoms with Crippen molar-refractivity contribution in [2.45, 2.75) is 20.1 Å². The van der Waals surface area contributed by atoms with E-state index in [1.807, 2.05) is 13.8 Å². The number of fused-ring (bicyclic) bond motifs is 1. The first-order valence-corrected chi connectivity index (χ1v) is 8.32. The monoisotopic (exact) mass is 362 g/mol. The number of hydrogen-bond donors (Lipinski definition) is 2. The highest BCUT2D eigenvalue weighted by atomic mass is 32.1. The standard InChI is InChI=1S/C17H18N2O5S/c1-7-8(2)25-16(11(7)14(18)20)19-15-9-5-6-10(22-3)13(23-4)12(9)17(21)24-15/h5-6,15,19H,1-4H3,(H2,18,20). The van der Waals surface area contributed by atoms with E-state index in [0.717, 1.165) is 10.4 Å². The zero-order valence-corrected chi connectivity index (χ0v) is 15.1. The van der Waals surface area contributed by atoms with Gasteiger partial charge in [-0.15, -0.1) is 11.3 Å². The lowest BCUT2D eigenvalue weighted by Gasteiger charge is -2.15. The number of cyclic esters (lactones) is 1. The molecule has 3 rings (SSSR count). The van der Waals surface area contributed by atoms with Crippen molar-refractivity contribution in [2.24, 2.45) is 5.73 Å². The van der Waals surface area contributed by atoms with Crippen LogP contribution < -0.4 is 20.5 Å². The van der Waals surface area contributed by atoms with Crippen LogP contribution in [0.2, 0.25) is 0 Å². The highest BCUT2D eigenvalue weighted by Gasteiger charge is 2.36. The summed E-state index contributed by atoms with van der Waals surface area (Å²) in [5.41, 5.74) is 7.64. The lowest BCUT2D eigenvalue weighted by atomic mass is 10.1. The average molecular weight is 362 g/mol. The summed E-state index contributed by atoms with van der Waals surface area (Å²) in [6, 6.07) is 3.44. The van der Waals surface area contributed by atoms with E-state index in [-0.39, 0.29) is 0 Å². The van der Waals surface area contributed by atoms with Crippen molar-refractivity contribution < 1.29 is 23.8 Å². The molecular formula is C17H18N2O5S. The number of benzene rings is 1. The molecule has 2 aromatic rings. The molecule has 1 amide bonds. The third kappa shape index (κ3) is 2.68. The molecule has 3 N–H and O–H groups in total. The Morgan fingerprint density at radius 3 is 2.60 bits per heavy atom. The molecule has 0 bridgehead atoms. The number of hydrogen-bond acceptors (Lipinski definition) is 7. The second kappa shape index (κ2) is 6.29. The van der Waals surface area contributed by atoms with Crippen molar-refractivity contribution in [3.05, 3.63) is 39.3 Å². The fraction of sp³-hybridized carbons (Fsp3) is 0.294. The number of nitrogens with two attached hydrogens (primary N) is 1. The van der Waals surface area contributed by atoms with Gasteiger partial charge in [0, 0.05) is 10.4 Å². The number of anilines is 1. The summed E-state index contributed by atoms with van der Waals surface area (Å²) in [6.07, 6.45) is -0.738. The minimum absolute atomic E-state index is 0.310. The Morgan fingerprint density at radius 1 is 1.28 bits per heavy atom. The topological polar surface area (TPSA) is 99.9 Å². The molecule has 7 nitrogen and oxygen atoms in total. The molecule has 0 aliphatic carbocycles. The van der Waals surface area contributed by atoms with E-state index in [1.165, 1.54) is 25.6 Å². The van der Waals surface area contributed by atoms with Gasteiger partial charge in [0.15, 0.2) is 11.5 Å². The summed E-state index contributed by atoms with van der Waals surface area (Å²) < 4.78 is 16.0. The van der Waals surface area contributed by atoms with Gasteiger partial charge in [0.2, 0.25) is 6.23 Å². The lowest BCUT2D eigenvalue weighted by Crippen LogP contribution is -2.16. The van der Waals surface area contributed by atoms with E-state index in [0.29, 0.717) is 33.2 Å². The van der Waals surface area contributed by atoms with Crippen LogP contribution in [0.3, 0.4) is 0 Å². The van der Waals surface area contributed by atoms with Gasteiger partial charge >= 0.3 is 5.97 Å². The molecule has 1 aliphatic heterocycles. The van der Waals surface area contributed by atoms with Crippen LogP contribution in [0.5, 0.6) is 11.5 Å². The summed E-state index contributed by atoms with van der Waals surface area (Å²) >= 11 is 1.39. The minimum Gasteiger partial charge on any atom is -0.493 e. The fourth-order valence-corrected chi connectivity index (χ4v) is 3.94. The van der Waals surface area contributed by atoms with Crippen LogP contribution in [0, 0.1) is 13.8 Å². The lowest BCUT2D eigenvalue weighted by molar-refractivity contribution is 0.0435. The van der Waals surface area contributed by atoms with Crippen LogP contribution in [-0.2, 0) is 4.74 Å². The Balaban J connectivity index is 2.03. The van der Waals surface area contributed by atoms with Gasteiger partial charge in [-0.1, -0.05) is 0 Å². The highest BCUT2D eigenvalue weighted by Crippen LogP contribution is 2.43. The third-order valence-electron chi connectivity index (χ3n) is 4.18. The van der Waals surface area contributed by atoms with Crippen LogP contribution in [0.15, 0.2) is 12.1 Å². The number of ether oxygens (including phenoxy) is 3. The van der Waals surface area contributed by atoms with Gasteiger partial charge in [-0.25, -0.2) is 4.79 Å². The molecule has 1 atom stereocenters. The van der Waals surface area contributed by atoms with Gasteiger partial charge in [0.25, 0.3) is 5.91 Å². The molecule has 25 heavy (non-hydrogen) atoms. The van der Waals surface area contributed by atoms with E-state index >= 15 is 0 Å². The van der Waals surface area contributed by atoms with Crippen molar-refractivity contribution in [1.82, 2.24) is 0 Å². The van der Waals surface area contributed by atoms with E-state index < -0.39 is 18.1 Å². The van der Waals surface area contributed by atoms with Gasteiger partial charge in [0.05, 0.1) is 19.8 Å². The highest BCUT2D eigenvalue weighted by molar-refractivity contribution is 7.16. The summed E-state index contributed by atoms with van der Waals surface area (Å²) in [5, 5.41) is 3.68. The number of methoxy groups -OCH3 is 2. The smallest absolute Gasteiger partial charge is 0.344 e. The van der Waals surface area contributed by atoms with Crippen molar-refractivity contribution in [3.8, 4) is 11.5 Å². The second-order valence-electron chi connectivity index (χ2n) is 5.55. The molecule has 0 saturated heterocycles. The zero-order chi connectivity index (χ0) is 18.3. The second-order valence-corrected chi connectivity index (χ2v) is 6.77. The normalized spacial score (nSPS) is 15.5. The molecule has 0 radical (unpaired) electrons. The summed E-state index contributed by atoms with van der Waals surface area (Å²) in [6.45, 7) is 3.74. The van der Waals surface area contributed by atoms with Crippen molar-refractivity contribution in [1.29, 1.82) is 0 Å². The van der Waals surface area contributed by atoms with Crippen LogP contribution in [0.25, 0.3) is 0 Å². The Labute approximate surface area is 148 Å². The van der Waals surface area contributed by atoms with Gasteiger partial charge in [-0.2, -0.15) is 0 Å². The molecule has 8 heteroatoms. The first kappa shape index (κ1) is 17.1. The van der Waals surface area contributed by atoms with Crippen molar-refractivity contribution in [2.75, 3.05) is 19.5 Å². The van der Waals surface area contributed by atoms with Gasteiger partial charge < -0.3 is 25.3 Å². The maximum absolute atomic E-state index is 12.3. The molecule has 0 fully saturated rings. The molecule has 1 aliphatic rings. The molecule has 1 aromatic carbocycles. The SMILES string of the molecule is COc1ccc2c(c1OC)C(=O)OC2Nc1sc(C)c(C)c1C(N)=O. The zero-order valence-electron chi connectivity index (χ0n) is 14.3. The number of carbonyl (C=O) groups is 2. The molecule has 1 aromatic heterocycles. The summed E-state index contributed by atoms with van der Waals surface area (Å²) in [7, 11) is 2.96. The number of carbonyl (C=O) groups excluding carboxylic acids is 2. The molecule has 0 saturated carbocycles. The first-order chi connectivity index (χ1) is 11.9. The number of aryl methyl sites for hydroxylation is 1. The predicted molar refractivity (Wildman–Crippen MR) is 93.6 cm³/mol. The third-order valence-corrected chi connectivity index (χ3v) is 5.32. The van der Waals surface area contributed by atoms with Gasteiger partial charge in [-0.05, 0) is 31.5 Å². The number of amides is 1. The van der Waals surface area contributed by atoms with E-state index in [2.05, 4.69) is 5.32 Å². The minimum atomic E-state index is -0.738. The Morgan fingerprint density at radius 2 is 2.00 bits per heavy atom. The van der Waals surface area contributed by atoms with Crippen LogP contribution in [0.1, 0.15) is 42.9 Å². The Kier molecular flexibility index (Phi) is 4.30. The van der Waals surface area contributed by atoms with Crippen LogP contribution in [0.4, 0.5) is 5.00 Å². The summed E-state index contributed by atoms with van der Waals surface area (Å²) in [5.74, 6) is -0.280. The van der Waals surface area contributed by atoms with E-state index in [1.54, 1.807) is 12.1 Å². The number of rotatable bonds is 5. The van der Waals surface area contributed by atoms with Crippen molar-refractivity contribution in [3.63, 3.8) is 0 Å². The average Bonchev–Trinajstić information content (AvgIpc) is 3.04. The molecule has 1 unspecified atom stereocenters. The largest absolute Gasteiger partial charge is 0.493 e. The Bertz CT molecular complexity index is 874. The summed E-state index contributed by atoms with van der Waals surface area (Å²) in [4.78, 5) is 25.1. The molecule has 132 valence electrons. The van der Waals surface area contributed by atoms with E-state index in [4.69, 9.17) is 19.9 Å². The quantitative estimate of drug-likeness (QED) is 0.794. The first-order valence-electron chi connectivity index (χ1n) is 7.51. The van der Waals surface area contributed by atoms with Crippen LogP contribution in [-0.4, -0.2) is 26.1 Å². The predicted octanol–water partition coefficient (Wildman–Crippen LogP) is 2.76. The maximum Gasteiger partial charge on any atom is 0.344 e. The number of nitrogens with one attached hydrogen (secondary N) is 1. The van der Waals surface area contributed by atoms with Crippen LogP contribution >= 0.6 is 11.3 Å². The van der Waals surface area contributed by atoms with Gasteiger partial charge in [-0.3, -0.25) is 4.79 Å². The molecule has 0 spiro atoms. The van der Waals surface area contributed by atoms with E-state index in [9.17, 15) is 9.59 Å². The maximum atomic E-state index is 12.3. The number of esters is 1. The fourth-order valence-electron chi connectivity index (χ4n) is 2.85. The molecular weight excluding hydrogens is 344 g/mol. The number of thiophene rings is 1. The molecule has 2 heterocycles. The number of primary amides is 1. The van der Waals surface area contributed by atoms with Gasteiger partial charge in [0.1, 0.15) is 10.6 Å². The van der Waals surface area contributed by atoms with Crippen molar-refractivity contribution >= 4 is 28.2 Å². The Hall–Kier alpha value is -2.74.